The first-order valence-electron chi connectivity index (χ1n) is 7.46. The molecule has 0 aliphatic heterocycles. The molecule has 0 aromatic heterocycles. The lowest BCUT2D eigenvalue weighted by Crippen LogP contribution is -2.11. The summed E-state index contributed by atoms with van der Waals surface area (Å²) in [5.74, 6) is -2.46. The van der Waals surface area contributed by atoms with Gasteiger partial charge in [-0.25, -0.2) is 4.79 Å². The molecule has 2 aromatic carbocycles. The molecule has 0 unspecified atom stereocenters. The number of aromatic hydroxyl groups is 1. The van der Waals surface area contributed by atoms with Crippen LogP contribution in [0.4, 0.5) is 5.69 Å². The zero-order valence-corrected chi connectivity index (χ0v) is 14.0. The Balaban J connectivity index is 2.35. The molecular weight excluding hydrogens is 342 g/mol. The number of ether oxygens (including phenoxy) is 1. The number of hydrogen-bond donors (Lipinski definition) is 1. The lowest BCUT2D eigenvalue weighted by Gasteiger charge is -2.06. The number of phenols is 1. The Morgan fingerprint density at radius 3 is 2.35 bits per heavy atom. The molecule has 2 aromatic rings. The molecule has 8 nitrogen and oxygen atoms in total. The first-order chi connectivity index (χ1) is 12.2. The monoisotopic (exact) mass is 357 g/mol. The number of nitro benzene ring substituents is 1. The van der Waals surface area contributed by atoms with Crippen LogP contribution in [0.1, 0.15) is 43.1 Å². The normalized spacial score (nSPS) is 10.2. The van der Waals surface area contributed by atoms with Crippen LogP contribution in [0, 0.1) is 17.0 Å². The molecule has 0 atom stereocenters. The van der Waals surface area contributed by atoms with Crippen LogP contribution in [0.2, 0.25) is 0 Å². The summed E-state index contributed by atoms with van der Waals surface area (Å²) in [6, 6.07) is 7.49. The number of non-ortho nitro benzene ring substituents is 1. The van der Waals surface area contributed by atoms with E-state index in [-0.39, 0.29) is 22.4 Å². The molecule has 0 radical (unpaired) electrons. The van der Waals surface area contributed by atoms with E-state index in [2.05, 4.69) is 4.74 Å². The van der Waals surface area contributed by atoms with Gasteiger partial charge in [0.2, 0.25) is 0 Å². The van der Waals surface area contributed by atoms with Crippen LogP contribution in [0.25, 0.3) is 0 Å². The van der Waals surface area contributed by atoms with Crippen LogP contribution >= 0.6 is 0 Å². The second-order valence-corrected chi connectivity index (χ2v) is 5.56. The van der Waals surface area contributed by atoms with Gasteiger partial charge in [0.15, 0.2) is 11.6 Å². The van der Waals surface area contributed by atoms with Gasteiger partial charge in [0, 0.05) is 17.7 Å². The molecule has 2 rings (SSSR count). The predicted molar refractivity (Wildman–Crippen MR) is 90.6 cm³/mol. The summed E-state index contributed by atoms with van der Waals surface area (Å²) in [7, 11) is 1.10. The predicted octanol–water partition coefficient (Wildman–Crippen LogP) is 2.85. The minimum absolute atomic E-state index is 0.0167. The molecule has 0 saturated carbocycles. The minimum atomic E-state index is -0.842. The summed E-state index contributed by atoms with van der Waals surface area (Å²) in [4.78, 5) is 46.6. The first-order valence-corrected chi connectivity index (χ1v) is 7.46. The second kappa shape index (κ2) is 7.56. The highest BCUT2D eigenvalue weighted by atomic mass is 16.6. The molecule has 0 aliphatic rings. The van der Waals surface area contributed by atoms with E-state index in [1.807, 2.05) is 0 Å². The van der Waals surface area contributed by atoms with E-state index in [1.165, 1.54) is 12.1 Å². The average Bonchev–Trinajstić information content (AvgIpc) is 2.62. The summed E-state index contributed by atoms with van der Waals surface area (Å²) in [6.07, 6.45) is -0.612. The molecule has 26 heavy (non-hydrogen) atoms. The third kappa shape index (κ3) is 4.10. The smallest absolute Gasteiger partial charge is 0.338 e. The molecule has 0 spiro atoms. The van der Waals surface area contributed by atoms with Crippen molar-refractivity contribution in [3.8, 4) is 5.75 Å². The number of ketones is 2. The van der Waals surface area contributed by atoms with E-state index in [0.717, 1.165) is 30.9 Å². The number of hydrogen-bond acceptors (Lipinski definition) is 7. The van der Waals surface area contributed by atoms with Gasteiger partial charge < -0.3 is 9.84 Å². The van der Waals surface area contributed by atoms with Crippen LogP contribution in [-0.4, -0.2) is 34.7 Å². The van der Waals surface area contributed by atoms with E-state index < -0.39 is 34.6 Å². The number of phenolic OH excluding ortho intramolecular Hbond substituents is 1. The summed E-state index contributed by atoms with van der Waals surface area (Å²) in [6.45, 7) is 1.72. The molecule has 0 heterocycles. The Morgan fingerprint density at radius 2 is 1.73 bits per heavy atom. The fraction of sp³-hybridized carbons (Fsp3) is 0.167. The van der Waals surface area contributed by atoms with Crippen LogP contribution in [0.5, 0.6) is 5.75 Å². The first kappa shape index (κ1) is 18.8. The SMILES string of the molecule is COC(=O)c1cc(C(=O)CC(=O)c2cc(C)ccc2O)cc([N+](=O)[O-])c1. The number of aryl methyl sites for hydroxylation is 1. The van der Waals surface area contributed by atoms with Gasteiger partial charge in [-0.15, -0.1) is 0 Å². The van der Waals surface area contributed by atoms with Crippen molar-refractivity contribution in [3.05, 3.63) is 68.8 Å². The lowest BCUT2D eigenvalue weighted by molar-refractivity contribution is -0.384. The van der Waals surface area contributed by atoms with Crippen molar-refractivity contribution >= 4 is 23.2 Å². The summed E-state index contributed by atoms with van der Waals surface area (Å²) in [5.41, 5.74) is -0.100. The molecular formula is C18H15NO7. The van der Waals surface area contributed by atoms with Crippen molar-refractivity contribution < 1.29 is 29.2 Å². The van der Waals surface area contributed by atoms with Crippen LogP contribution in [-0.2, 0) is 4.74 Å². The van der Waals surface area contributed by atoms with Gasteiger partial charge >= 0.3 is 5.97 Å². The van der Waals surface area contributed by atoms with Gasteiger partial charge in [-0.3, -0.25) is 19.7 Å². The maximum atomic E-state index is 12.4. The number of esters is 1. The topological polar surface area (TPSA) is 124 Å². The second-order valence-electron chi connectivity index (χ2n) is 5.56. The number of carbonyl (C=O) groups is 3. The number of Topliss-reactive ketones (excluding diaryl/α,β-unsaturated/α-hetero) is 2. The number of methoxy groups -OCH3 is 1. The standard InChI is InChI=1S/C18H15NO7/c1-10-3-4-15(20)14(5-10)17(22)9-16(21)11-6-12(18(23)26-2)8-13(7-11)19(24)25/h3-8,20H,9H2,1-2H3. The van der Waals surface area contributed by atoms with Gasteiger partial charge in [-0.2, -0.15) is 0 Å². The number of rotatable bonds is 6. The fourth-order valence-electron chi connectivity index (χ4n) is 2.33. The Kier molecular flexibility index (Phi) is 5.46. The Hall–Kier alpha value is -3.55. The van der Waals surface area contributed by atoms with Gasteiger partial charge in [0.25, 0.3) is 5.69 Å². The maximum absolute atomic E-state index is 12.4. The summed E-state index contributed by atoms with van der Waals surface area (Å²) < 4.78 is 4.51. The number of nitrogens with zero attached hydrogens (tertiary/aromatic N) is 1. The third-order valence-electron chi connectivity index (χ3n) is 3.65. The van der Waals surface area contributed by atoms with E-state index in [4.69, 9.17) is 0 Å². The van der Waals surface area contributed by atoms with Gasteiger partial charge in [0.05, 0.1) is 29.6 Å². The van der Waals surface area contributed by atoms with Crippen molar-refractivity contribution in [2.24, 2.45) is 0 Å². The highest BCUT2D eigenvalue weighted by Gasteiger charge is 2.21. The minimum Gasteiger partial charge on any atom is -0.507 e. The molecule has 0 amide bonds. The molecule has 0 fully saturated rings. The summed E-state index contributed by atoms with van der Waals surface area (Å²) >= 11 is 0. The molecule has 0 saturated heterocycles. The molecule has 0 bridgehead atoms. The Labute approximate surface area is 148 Å². The van der Waals surface area contributed by atoms with E-state index in [1.54, 1.807) is 13.0 Å². The molecule has 8 heteroatoms. The zero-order valence-electron chi connectivity index (χ0n) is 14.0. The fourth-order valence-corrected chi connectivity index (χ4v) is 2.33. The van der Waals surface area contributed by atoms with Crippen molar-refractivity contribution in [1.82, 2.24) is 0 Å². The quantitative estimate of drug-likeness (QED) is 0.277. The van der Waals surface area contributed by atoms with Crippen molar-refractivity contribution in [2.75, 3.05) is 7.11 Å². The Morgan fingerprint density at radius 1 is 1.08 bits per heavy atom. The summed E-state index contributed by atoms with van der Waals surface area (Å²) in [5, 5.41) is 20.8. The number of nitro groups is 1. The van der Waals surface area contributed by atoms with Crippen LogP contribution < -0.4 is 0 Å². The Bertz CT molecular complexity index is 918. The molecule has 134 valence electrons. The number of benzene rings is 2. The largest absolute Gasteiger partial charge is 0.507 e. The van der Waals surface area contributed by atoms with Crippen molar-refractivity contribution in [3.63, 3.8) is 0 Å². The van der Waals surface area contributed by atoms with Gasteiger partial charge in [-0.1, -0.05) is 11.6 Å². The highest BCUT2D eigenvalue weighted by Crippen LogP contribution is 2.23. The van der Waals surface area contributed by atoms with Gasteiger partial charge in [-0.05, 0) is 25.1 Å². The van der Waals surface area contributed by atoms with E-state index in [9.17, 15) is 29.6 Å². The lowest BCUT2D eigenvalue weighted by atomic mass is 9.98. The third-order valence-corrected chi connectivity index (χ3v) is 3.65. The molecule has 0 aliphatic carbocycles. The zero-order chi connectivity index (χ0) is 19.4. The highest BCUT2D eigenvalue weighted by molar-refractivity contribution is 6.15. The maximum Gasteiger partial charge on any atom is 0.338 e. The average molecular weight is 357 g/mol. The van der Waals surface area contributed by atoms with E-state index >= 15 is 0 Å². The van der Waals surface area contributed by atoms with Crippen LogP contribution in [0.15, 0.2) is 36.4 Å². The van der Waals surface area contributed by atoms with Gasteiger partial charge in [0.1, 0.15) is 5.75 Å². The van der Waals surface area contributed by atoms with E-state index in [0.29, 0.717) is 0 Å². The number of carbonyl (C=O) groups excluding carboxylic acids is 3. The molecule has 1 N–H and O–H groups in total. The van der Waals surface area contributed by atoms with Crippen LogP contribution in [0.3, 0.4) is 0 Å². The van der Waals surface area contributed by atoms with Crippen molar-refractivity contribution in [2.45, 2.75) is 13.3 Å². The van der Waals surface area contributed by atoms with Crippen molar-refractivity contribution in [1.29, 1.82) is 0 Å².